The lowest BCUT2D eigenvalue weighted by Crippen LogP contribution is -2.51. The largest absolute Gasteiger partial charge is 0.396 e. The maximum Gasteiger partial charge on any atom is 0.123 e. The van der Waals surface area contributed by atoms with E-state index in [-0.39, 0.29) is 12.4 Å². The second-order valence-electron chi connectivity index (χ2n) is 6.11. The van der Waals surface area contributed by atoms with Crippen molar-refractivity contribution in [2.45, 2.75) is 19.0 Å². The Morgan fingerprint density at radius 3 is 2.96 bits per heavy atom. The van der Waals surface area contributed by atoms with Gasteiger partial charge in [-0.05, 0) is 43.3 Å². The summed E-state index contributed by atoms with van der Waals surface area (Å²) in [5, 5.41) is 13.5. The van der Waals surface area contributed by atoms with Crippen molar-refractivity contribution < 1.29 is 9.50 Å². The average Bonchev–Trinajstić information content (AvgIpc) is 3.05. The van der Waals surface area contributed by atoms with Gasteiger partial charge in [0.25, 0.3) is 0 Å². The Balaban J connectivity index is 1.78. The summed E-state index contributed by atoms with van der Waals surface area (Å²) in [6, 6.07) is 7.05. The van der Waals surface area contributed by atoms with E-state index in [1.54, 1.807) is 23.0 Å². The summed E-state index contributed by atoms with van der Waals surface area (Å²) in [5.74, 6) is -0.225. The third-order valence-electron chi connectivity index (χ3n) is 4.51. The van der Waals surface area contributed by atoms with Gasteiger partial charge in [0.1, 0.15) is 5.82 Å². The van der Waals surface area contributed by atoms with Crippen LogP contribution in [0.4, 0.5) is 4.39 Å². The van der Waals surface area contributed by atoms with Crippen LogP contribution in [0.25, 0.3) is 5.69 Å². The minimum absolute atomic E-state index is 0.196. The number of aliphatic hydroxyl groups is 1. The topological polar surface area (TPSA) is 44.5 Å². The van der Waals surface area contributed by atoms with Crippen LogP contribution in [0.15, 0.2) is 36.7 Å². The van der Waals surface area contributed by atoms with Crippen LogP contribution in [0.5, 0.6) is 0 Å². The number of halogens is 1. The van der Waals surface area contributed by atoms with Crippen LogP contribution in [-0.4, -0.2) is 64.0 Å². The lowest BCUT2D eigenvalue weighted by Gasteiger charge is -2.39. The first kappa shape index (κ1) is 16.1. The van der Waals surface area contributed by atoms with Gasteiger partial charge in [-0.3, -0.25) is 4.90 Å². The molecule has 6 heteroatoms. The first-order chi connectivity index (χ1) is 11.2. The number of aromatic nitrogens is 2. The van der Waals surface area contributed by atoms with Gasteiger partial charge in [0.15, 0.2) is 0 Å². The first-order valence-corrected chi connectivity index (χ1v) is 7.99. The Hall–Kier alpha value is -1.76. The van der Waals surface area contributed by atoms with Gasteiger partial charge in [0.2, 0.25) is 0 Å². The molecule has 5 nitrogen and oxygen atoms in total. The van der Waals surface area contributed by atoms with Crippen molar-refractivity contribution in [3.05, 3.63) is 48.0 Å². The molecule has 1 aromatic heterocycles. The fourth-order valence-electron chi connectivity index (χ4n) is 3.17. The molecule has 0 bridgehead atoms. The maximum absolute atomic E-state index is 13.7. The number of hydrogen-bond acceptors (Lipinski definition) is 4. The number of likely N-dealkylation sites (N-methyl/N-ethyl adjacent to an activating group) is 1. The van der Waals surface area contributed by atoms with E-state index in [1.807, 2.05) is 12.3 Å². The molecule has 2 aromatic rings. The molecule has 0 saturated carbocycles. The summed E-state index contributed by atoms with van der Waals surface area (Å²) in [6.07, 6.45) is 4.36. The van der Waals surface area contributed by atoms with Crippen LogP contribution in [-0.2, 0) is 6.54 Å². The SMILES string of the molecule is CN1CCN(Cc2cc(F)ccc2-n2cccn2)C[C@H]1CCO. The van der Waals surface area contributed by atoms with E-state index in [9.17, 15) is 9.50 Å². The van der Waals surface area contributed by atoms with Crippen molar-refractivity contribution in [3.63, 3.8) is 0 Å². The number of benzene rings is 1. The smallest absolute Gasteiger partial charge is 0.123 e. The second-order valence-corrected chi connectivity index (χ2v) is 6.11. The molecule has 1 atom stereocenters. The summed E-state index contributed by atoms with van der Waals surface area (Å²) >= 11 is 0. The van der Waals surface area contributed by atoms with Crippen molar-refractivity contribution in [1.29, 1.82) is 0 Å². The summed E-state index contributed by atoms with van der Waals surface area (Å²) < 4.78 is 15.5. The van der Waals surface area contributed by atoms with Crippen LogP contribution in [0.1, 0.15) is 12.0 Å². The fourth-order valence-corrected chi connectivity index (χ4v) is 3.17. The normalized spacial score (nSPS) is 20.0. The molecular weight excluding hydrogens is 295 g/mol. The van der Waals surface area contributed by atoms with Gasteiger partial charge in [0, 0.05) is 51.2 Å². The van der Waals surface area contributed by atoms with Gasteiger partial charge in [-0.25, -0.2) is 9.07 Å². The van der Waals surface area contributed by atoms with E-state index < -0.39 is 0 Å². The molecule has 0 amide bonds. The molecule has 0 unspecified atom stereocenters. The van der Waals surface area contributed by atoms with Crippen molar-refractivity contribution in [2.75, 3.05) is 33.3 Å². The third-order valence-corrected chi connectivity index (χ3v) is 4.51. The molecule has 1 N–H and O–H groups in total. The quantitative estimate of drug-likeness (QED) is 0.908. The molecule has 1 aliphatic rings. The first-order valence-electron chi connectivity index (χ1n) is 7.99. The zero-order valence-electron chi connectivity index (χ0n) is 13.4. The molecule has 0 radical (unpaired) electrons. The van der Waals surface area contributed by atoms with Gasteiger partial charge in [-0.1, -0.05) is 0 Å². The Labute approximate surface area is 135 Å². The van der Waals surface area contributed by atoms with E-state index in [0.717, 1.165) is 37.3 Å². The maximum atomic E-state index is 13.7. The highest BCUT2D eigenvalue weighted by Crippen LogP contribution is 2.20. The zero-order valence-corrected chi connectivity index (χ0v) is 13.4. The number of piperazine rings is 1. The number of aliphatic hydroxyl groups excluding tert-OH is 1. The predicted molar refractivity (Wildman–Crippen MR) is 86.9 cm³/mol. The van der Waals surface area contributed by atoms with E-state index in [4.69, 9.17) is 0 Å². The molecule has 1 saturated heterocycles. The standard InChI is InChI=1S/C17H23FN4O/c1-20-8-9-21(13-16(20)5-10-23)12-14-11-15(18)3-4-17(14)22-7-2-6-19-22/h2-4,6-7,11,16,23H,5,8-10,12-13H2,1H3/t16-/m1/s1. The van der Waals surface area contributed by atoms with E-state index in [0.29, 0.717) is 12.6 Å². The molecule has 3 rings (SSSR count). The molecule has 23 heavy (non-hydrogen) atoms. The summed E-state index contributed by atoms with van der Waals surface area (Å²) in [5.41, 5.74) is 1.84. The van der Waals surface area contributed by atoms with Crippen LogP contribution in [0, 0.1) is 5.82 Å². The number of nitrogens with zero attached hydrogens (tertiary/aromatic N) is 4. The second kappa shape index (κ2) is 7.21. The Morgan fingerprint density at radius 1 is 1.35 bits per heavy atom. The Morgan fingerprint density at radius 2 is 2.22 bits per heavy atom. The molecular formula is C17H23FN4O. The van der Waals surface area contributed by atoms with Crippen LogP contribution in [0.3, 0.4) is 0 Å². The lowest BCUT2D eigenvalue weighted by atomic mass is 10.1. The minimum atomic E-state index is -0.225. The van der Waals surface area contributed by atoms with Gasteiger partial charge in [-0.15, -0.1) is 0 Å². The Bertz CT molecular complexity index is 632. The summed E-state index contributed by atoms with van der Waals surface area (Å²) in [7, 11) is 2.09. The van der Waals surface area contributed by atoms with E-state index in [1.165, 1.54) is 6.07 Å². The highest BCUT2D eigenvalue weighted by atomic mass is 19.1. The highest BCUT2D eigenvalue weighted by Gasteiger charge is 2.24. The summed E-state index contributed by atoms with van der Waals surface area (Å²) in [4.78, 5) is 4.61. The molecule has 1 aromatic carbocycles. The molecule has 1 aliphatic heterocycles. The molecule has 124 valence electrons. The van der Waals surface area contributed by atoms with Gasteiger partial charge in [0.05, 0.1) is 5.69 Å². The third kappa shape index (κ3) is 3.77. The zero-order chi connectivity index (χ0) is 16.2. The summed E-state index contributed by atoms with van der Waals surface area (Å²) in [6.45, 7) is 3.65. The predicted octanol–water partition coefficient (Wildman–Crippen LogP) is 1.51. The molecule has 0 aliphatic carbocycles. The van der Waals surface area contributed by atoms with E-state index >= 15 is 0 Å². The number of rotatable bonds is 5. The molecule has 2 heterocycles. The van der Waals surface area contributed by atoms with Gasteiger partial charge in [-0.2, -0.15) is 5.10 Å². The van der Waals surface area contributed by atoms with Crippen molar-refractivity contribution in [2.24, 2.45) is 0 Å². The van der Waals surface area contributed by atoms with Crippen LogP contribution in [0.2, 0.25) is 0 Å². The van der Waals surface area contributed by atoms with Gasteiger partial charge >= 0.3 is 0 Å². The van der Waals surface area contributed by atoms with Crippen molar-refractivity contribution in [3.8, 4) is 5.69 Å². The molecule has 1 fully saturated rings. The fraction of sp³-hybridized carbons (Fsp3) is 0.471. The van der Waals surface area contributed by atoms with Crippen LogP contribution < -0.4 is 0 Å². The average molecular weight is 318 g/mol. The monoisotopic (exact) mass is 318 g/mol. The van der Waals surface area contributed by atoms with Crippen molar-refractivity contribution >= 4 is 0 Å². The Kier molecular flexibility index (Phi) is 5.05. The van der Waals surface area contributed by atoms with Crippen molar-refractivity contribution in [1.82, 2.24) is 19.6 Å². The minimum Gasteiger partial charge on any atom is -0.396 e. The van der Waals surface area contributed by atoms with Gasteiger partial charge < -0.3 is 10.0 Å². The lowest BCUT2D eigenvalue weighted by molar-refractivity contribution is 0.0742. The molecule has 0 spiro atoms. The van der Waals surface area contributed by atoms with E-state index in [2.05, 4.69) is 21.9 Å². The highest BCUT2D eigenvalue weighted by molar-refractivity contribution is 5.40. The van der Waals surface area contributed by atoms with Crippen LogP contribution >= 0.6 is 0 Å². The number of hydrogen-bond donors (Lipinski definition) is 1.